The number of amides is 1. The topological polar surface area (TPSA) is 35.6 Å². The SMILES string of the molecule is CN1CCN(c2ccc(NC(=O)C3CCCc4ccccc43)c(C(F)(F)F)c2)CC1. The number of aryl methyl sites for hydroxylation is 1. The summed E-state index contributed by atoms with van der Waals surface area (Å²) in [5.74, 6) is -0.798. The molecule has 1 saturated heterocycles. The Balaban J connectivity index is 1.59. The van der Waals surface area contributed by atoms with Gasteiger partial charge in [-0.25, -0.2) is 0 Å². The molecule has 4 nitrogen and oxygen atoms in total. The Morgan fingerprint density at radius 2 is 1.80 bits per heavy atom. The molecular formula is C23H26F3N3O. The minimum absolute atomic E-state index is 0.173. The van der Waals surface area contributed by atoms with Gasteiger partial charge in [0.25, 0.3) is 0 Å². The first-order valence-electron chi connectivity index (χ1n) is 10.4. The van der Waals surface area contributed by atoms with E-state index in [0.717, 1.165) is 43.1 Å². The van der Waals surface area contributed by atoms with E-state index in [1.54, 1.807) is 6.07 Å². The molecule has 4 rings (SSSR count). The van der Waals surface area contributed by atoms with Gasteiger partial charge in [-0.3, -0.25) is 4.79 Å². The number of carbonyl (C=O) groups is 1. The summed E-state index contributed by atoms with van der Waals surface area (Å²) in [5, 5.41) is 2.58. The number of carbonyl (C=O) groups excluding carboxylic acids is 1. The molecule has 0 radical (unpaired) electrons. The smallest absolute Gasteiger partial charge is 0.369 e. The van der Waals surface area contributed by atoms with Crippen LogP contribution in [-0.4, -0.2) is 44.0 Å². The Bertz CT molecular complexity index is 920. The van der Waals surface area contributed by atoms with Gasteiger partial charge in [0.15, 0.2) is 0 Å². The number of hydrogen-bond donors (Lipinski definition) is 1. The Morgan fingerprint density at radius 1 is 1.07 bits per heavy atom. The number of benzene rings is 2. The number of fused-ring (bicyclic) bond motifs is 1. The number of halogens is 3. The molecule has 1 atom stereocenters. The molecule has 2 aliphatic rings. The van der Waals surface area contributed by atoms with E-state index in [1.807, 2.05) is 36.2 Å². The maximum absolute atomic E-state index is 13.8. The van der Waals surface area contributed by atoms with Crippen LogP contribution in [0.25, 0.3) is 0 Å². The van der Waals surface area contributed by atoms with Crippen molar-refractivity contribution in [1.29, 1.82) is 0 Å². The van der Waals surface area contributed by atoms with Crippen molar-refractivity contribution in [2.75, 3.05) is 43.4 Å². The van der Waals surface area contributed by atoms with Gasteiger partial charge in [-0.1, -0.05) is 24.3 Å². The van der Waals surface area contributed by atoms with Gasteiger partial charge in [-0.15, -0.1) is 0 Å². The molecule has 2 aromatic carbocycles. The molecule has 30 heavy (non-hydrogen) atoms. The number of anilines is 2. The highest BCUT2D eigenvalue weighted by Gasteiger charge is 2.36. The highest BCUT2D eigenvalue weighted by Crippen LogP contribution is 2.39. The zero-order chi connectivity index (χ0) is 21.3. The number of likely N-dealkylation sites (N-methyl/N-ethyl adjacent to an activating group) is 1. The molecule has 0 aromatic heterocycles. The lowest BCUT2D eigenvalue weighted by atomic mass is 9.82. The predicted molar refractivity (Wildman–Crippen MR) is 112 cm³/mol. The largest absolute Gasteiger partial charge is 0.418 e. The zero-order valence-corrected chi connectivity index (χ0v) is 17.0. The number of nitrogens with zero attached hydrogens (tertiary/aromatic N) is 2. The Labute approximate surface area is 174 Å². The van der Waals surface area contributed by atoms with Crippen LogP contribution in [0.3, 0.4) is 0 Å². The van der Waals surface area contributed by atoms with Crippen LogP contribution in [0.2, 0.25) is 0 Å². The van der Waals surface area contributed by atoms with Crippen molar-refractivity contribution in [1.82, 2.24) is 4.90 Å². The van der Waals surface area contributed by atoms with Crippen LogP contribution >= 0.6 is 0 Å². The van der Waals surface area contributed by atoms with E-state index < -0.39 is 17.7 Å². The summed E-state index contributed by atoms with van der Waals surface area (Å²) < 4.78 is 41.4. The molecule has 1 unspecified atom stereocenters. The average molecular weight is 417 g/mol. The number of alkyl halides is 3. The summed E-state index contributed by atoms with van der Waals surface area (Å²) in [6.07, 6.45) is -2.16. The maximum Gasteiger partial charge on any atom is 0.418 e. The van der Waals surface area contributed by atoms with Gasteiger partial charge in [0.2, 0.25) is 5.91 Å². The lowest BCUT2D eigenvalue weighted by Gasteiger charge is -2.34. The van der Waals surface area contributed by atoms with Gasteiger partial charge in [-0.2, -0.15) is 13.2 Å². The molecule has 0 bridgehead atoms. The zero-order valence-electron chi connectivity index (χ0n) is 17.0. The summed E-state index contributed by atoms with van der Waals surface area (Å²) >= 11 is 0. The predicted octanol–water partition coefficient (Wildman–Crippen LogP) is 4.52. The summed E-state index contributed by atoms with van der Waals surface area (Å²) in [6.45, 7) is 2.97. The van der Waals surface area contributed by atoms with Gasteiger partial charge in [0.1, 0.15) is 0 Å². The molecule has 1 aliphatic heterocycles. The highest BCUT2D eigenvalue weighted by molar-refractivity contribution is 5.97. The quantitative estimate of drug-likeness (QED) is 0.798. The lowest BCUT2D eigenvalue weighted by Crippen LogP contribution is -2.44. The highest BCUT2D eigenvalue weighted by atomic mass is 19.4. The molecule has 1 fully saturated rings. The van der Waals surface area contributed by atoms with Crippen molar-refractivity contribution in [2.24, 2.45) is 0 Å². The number of piperazine rings is 1. The molecule has 160 valence electrons. The van der Waals surface area contributed by atoms with Crippen LogP contribution in [0, 0.1) is 0 Å². The van der Waals surface area contributed by atoms with Crippen LogP contribution in [0.15, 0.2) is 42.5 Å². The van der Waals surface area contributed by atoms with Crippen LogP contribution in [0.4, 0.5) is 24.5 Å². The minimum atomic E-state index is -4.55. The van der Waals surface area contributed by atoms with E-state index in [2.05, 4.69) is 10.2 Å². The van der Waals surface area contributed by atoms with E-state index in [-0.39, 0.29) is 11.6 Å². The van der Waals surface area contributed by atoms with Gasteiger partial charge in [0.05, 0.1) is 17.2 Å². The molecule has 1 N–H and O–H groups in total. The summed E-state index contributed by atoms with van der Waals surface area (Å²) in [5.41, 5.74) is 1.59. The number of nitrogens with one attached hydrogen (secondary N) is 1. The first-order chi connectivity index (χ1) is 14.3. The normalized spacial score (nSPS) is 20.0. The van der Waals surface area contributed by atoms with Crippen molar-refractivity contribution >= 4 is 17.3 Å². The average Bonchev–Trinajstić information content (AvgIpc) is 2.73. The van der Waals surface area contributed by atoms with Crippen molar-refractivity contribution in [3.05, 3.63) is 59.2 Å². The number of rotatable bonds is 3. The molecule has 0 saturated carbocycles. The van der Waals surface area contributed by atoms with E-state index in [1.165, 1.54) is 6.07 Å². The Morgan fingerprint density at radius 3 is 2.53 bits per heavy atom. The van der Waals surface area contributed by atoms with E-state index in [0.29, 0.717) is 25.2 Å². The summed E-state index contributed by atoms with van der Waals surface area (Å²) in [7, 11) is 2.00. The van der Waals surface area contributed by atoms with Crippen molar-refractivity contribution in [3.63, 3.8) is 0 Å². The molecule has 1 aliphatic carbocycles. The lowest BCUT2D eigenvalue weighted by molar-refractivity contribution is -0.137. The van der Waals surface area contributed by atoms with Crippen molar-refractivity contribution in [2.45, 2.75) is 31.4 Å². The second kappa shape index (κ2) is 8.30. The van der Waals surface area contributed by atoms with Gasteiger partial charge in [0, 0.05) is 31.9 Å². The third-order valence-corrected chi connectivity index (χ3v) is 6.12. The molecular weight excluding hydrogens is 391 g/mol. The fraction of sp³-hybridized carbons (Fsp3) is 0.435. The summed E-state index contributed by atoms with van der Waals surface area (Å²) in [6, 6.07) is 11.9. The third-order valence-electron chi connectivity index (χ3n) is 6.12. The number of hydrogen-bond acceptors (Lipinski definition) is 3. The van der Waals surface area contributed by atoms with Crippen LogP contribution in [-0.2, 0) is 17.4 Å². The van der Waals surface area contributed by atoms with Gasteiger partial charge >= 0.3 is 6.18 Å². The Kier molecular flexibility index (Phi) is 5.73. The second-order valence-corrected chi connectivity index (χ2v) is 8.15. The molecule has 2 aromatic rings. The van der Waals surface area contributed by atoms with Crippen LogP contribution < -0.4 is 10.2 Å². The fourth-order valence-corrected chi connectivity index (χ4v) is 4.38. The molecule has 0 spiro atoms. The molecule has 1 heterocycles. The second-order valence-electron chi connectivity index (χ2n) is 8.15. The first kappa shape index (κ1) is 20.7. The van der Waals surface area contributed by atoms with Gasteiger partial charge in [-0.05, 0) is 55.6 Å². The molecule has 1 amide bonds. The standard InChI is InChI=1S/C23H26F3N3O/c1-28-11-13-29(14-12-28)17-9-10-21(20(15-17)23(24,25)26)27-22(30)19-8-4-6-16-5-2-3-7-18(16)19/h2-3,5,7,9-10,15,19H,4,6,8,11-14H2,1H3,(H,27,30). The molecule has 7 heteroatoms. The van der Waals surface area contributed by atoms with Crippen molar-refractivity contribution in [3.8, 4) is 0 Å². The first-order valence-corrected chi connectivity index (χ1v) is 10.4. The van der Waals surface area contributed by atoms with Crippen molar-refractivity contribution < 1.29 is 18.0 Å². The van der Waals surface area contributed by atoms with E-state index in [4.69, 9.17) is 0 Å². The van der Waals surface area contributed by atoms with Crippen LogP contribution in [0.1, 0.15) is 35.4 Å². The summed E-state index contributed by atoms with van der Waals surface area (Å²) in [4.78, 5) is 17.0. The monoisotopic (exact) mass is 417 g/mol. The van der Waals surface area contributed by atoms with E-state index >= 15 is 0 Å². The van der Waals surface area contributed by atoms with E-state index in [9.17, 15) is 18.0 Å². The third kappa shape index (κ3) is 4.31. The Hall–Kier alpha value is -2.54. The maximum atomic E-state index is 13.8. The van der Waals surface area contributed by atoms with Crippen LogP contribution in [0.5, 0.6) is 0 Å². The fourth-order valence-electron chi connectivity index (χ4n) is 4.38. The minimum Gasteiger partial charge on any atom is -0.369 e. The van der Waals surface area contributed by atoms with Gasteiger partial charge < -0.3 is 15.1 Å².